The first-order valence-corrected chi connectivity index (χ1v) is 7.73. The van der Waals surface area contributed by atoms with E-state index in [1.54, 1.807) is 11.8 Å². The van der Waals surface area contributed by atoms with E-state index in [2.05, 4.69) is 19.9 Å². The zero-order chi connectivity index (χ0) is 15.0. The minimum atomic E-state index is -0.803. The molecular weight excluding hydrogens is 294 g/mol. The molecule has 3 rings (SSSR count). The van der Waals surface area contributed by atoms with Gasteiger partial charge in [-0.1, -0.05) is 6.92 Å². The summed E-state index contributed by atoms with van der Waals surface area (Å²) in [5, 5.41) is 19.6. The third-order valence-electron chi connectivity index (χ3n) is 3.46. The molecule has 9 heteroatoms. The van der Waals surface area contributed by atoms with Gasteiger partial charge in [0, 0.05) is 0 Å². The number of rotatable bonds is 4. The molecule has 0 unspecified atom stereocenters. The zero-order valence-electron chi connectivity index (χ0n) is 11.4. The Labute approximate surface area is 125 Å². The maximum Gasteiger partial charge on any atom is 0.183 e. The molecule has 0 saturated carbocycles. The van der Waals surface area contributed by atoms with E-state index in [1.165, 1.54) is 6.33 Å². The lowest BCUT2D eigenvalue weighted by atomic mass is 10.1. The van der Waals surface area contributed by atoms with Crippen molar-refractivity contribution in [3.63, 3.8) is 0 Å². The maximum atomic E-state index is 10.4. The second-order valence-electron chi connectivity index (χ2n) is 4.76. The molecule has 4 atom stereocenters. The van der Waals surface area contributed by atoms with Crippen LogP contribution in [0.1, 0.15) is 18.9 Å². The maximum absolute atomic E-state index is 10.4. The van der Waals surface area contributed by atoms with Gasteiger partial charge in [-0.3, -0.25) is 0 Å². The summed E-state index contributed by atoms with van der Waals surface area (Å²) in [6, 6.07) is 0. The molecular formula is C12H17N5O3S. The second kappa shape index (κ2) is 5.76. The highest BCUT2D eigenvalue weighted by molar-refractivity contribution is 8.00. The number of imidazole rings is 1. The molecule has 2 aromatic heterocycles. The number of H-pyrrole nitrogens is 1. The number of anilines is 1. The number of aromatic amines is 1. The highest BCUT2D eigenvalue weighted by Crippen LogP contribution is 2.38. The summed E-state index contributed by atoms with van der Waals surface area (Å²) in [4.78, 5) is 15.4. The van der Waals surface area contributed by atoms with E-state index in [9.17, 15) is 10.2 Å². The van der Waals surface area contributed by atoms with E-state index >= 15 is 0 Å². The van der Waals surface area contributed by atoms with Crippen LogP contribution in [0.3, 0.4) is 0 Å². The van der Waals surface area contributed by atoms with Crippen molar-refractivity contribution < 1.29 is 14.9 Å². The highest BCUT2D eigenvalue weighted by atomic mass is 32.2. The third-order valence-corrected chi connectivity index (χ3v) is 4.76. The predicted molar refractivity (Wildman–Crippen MR) is 78.7 cm³/mol. The zero-order valence-corrected chi connectivity index (χ0v) is 12.2. The van der Waals surface area contributed by atoms with Gasteiger partial charge >= 0.3 is 0 Å². The van der Waals surface area contributed by atoms with Crippen molar-refractivity contribution in [3.8, 4) is 0 Å². The van der Waals surface area contributed by atoms with Gasteiger partial charge in [-0.15, -0.1) is 0 Å². The molecule has 21 heavy (non-hydrogen) atoms. The van der Waals surface area contributed by atoms with E-state index in [-0.39, 0.29) is 23.5 Å². The number of nitrogens with one attached hydrogen (secondary N) is 1. The molecule has 0 spiro atoms. The van der Waals surface area contributed by atoms with Gasteiger partial charge in [0.15, 0.2) is 17.3 Å². The van der Waals surface area contributed by atoms with Crippen LogP contribution in [0.2, 0.25) is 0 Å². The molecule has 114 valence electrons. The Bertz CT molecular complexity index is 636. The van der Waals surface area contributed by atoms with Crippen LogP contribution in [-0.4, -0.2) is 60.0 Å². The Morgan fingerprint density at radius 3 is 3.00 bits per heavy atom. The highest BCUT2D eigenvalue weighted by Gasteiger charge is 2.45. The normalized spacial score (nSPS) is 29.3. The molecule has 1 saturated heterocycles. The first-order chi connectivity index (χ1) is 10.2. The van der Waals surface area contributed by atoms with Gasteiger partial charge < -0.3 is 25.7 Å². The molecule has 1 fully saturated rings. The summed E-state index contributed by atoms with van der Waals surface area (Å²) in [7, 11) is 0. The van der Waals surface area contributed by atoms with Gasteiger partial charge in [-0.05, 0) is 5.75 Å². The van der Waals surface area contributed by atoms with Crippen LogP contribution in [0.4, 0.5) is 5.82 Å². The molecule has 8 nitrogen and oxygen atoms in total. The van der Waals surface area contributed by atoms with Crippen LogP contribution < -0.4 is 5.73 Å². The Morgan fingerprint density at radius 1 is 1.48 bits per heavy atom. The van der Waals surface area contributed by atoms with Crippen LogP contribution in [0.5, 0.6) is 0 Å². The minimum Gasteiger partial charge on any atom is -0.394 e. The molecule has 0 aliphatic carbocycles. The summed E-state index contributed by atoms with van der Waals surface area (Å²) in [6.45, 7) is 1.83. The van der Waals surface area contributed by atoms with Crippen molar-refractivity contribution in [3.05, 3.63) is 12.2 Å². The van der Waals surface area contributed by atoms with Crippen LogP contribution in [0, 0.1) is 0 Å². The summed E-state index contributed by atoms with van der Waals surface area (Å²) in [5.41, 5.74) is 6.85. The average molecular weight is 311 g/mol. The van der Waals surface area contributed by atoms with E-state index in [0.29, 0.717) is 11.2 Å². The third kappa shape index (κ3) is 2.46. The van der Waals surface area contributed by atoms with E-state index in [1.807, 2.05) is 6.92 Å². The number of nitrogens with zero attached hydrogens (tertiary/aromatic N) is 3. The molecule has 0 radical (unpaired) electrons. The number of aliphatic hydroxyl groups is 2. The van der Waals surface area contributed by atoms with E-state index < -0.39 is 18.3 Å². The Hall–Kier alpha value is -1.42. The van der Waals surface area contributed by atoms with E-state index in [4.69, 9.17) is 10.5 Å². The van der Waals surface area contributed by atoms with Gasteiger partial charge in [-0.2, -0.15) is 11.8 Å². The van der Waals surface area contributed by atoms with Crippen molar-refractivity contribution in [1.29, 1.82) is 0 Å². The molecule has 5 N–H and O–H groups in total. The predicted octanol–water partition coefficient (Wildman–Crippen LogP) is -0.150. The Kier molecular flexibility index (Phi) is 3.98. The van der Waals surface area contributed by atoms with Gasteiger partial charge in [0.25, 0.3) is 0 Å². The average Bonchev–Trinajstić information content (AvgIpc) is 3.05. The lowest BCUT2D eigenvalue weighted by Crippen LogP contribution is -2.30. The van der Waals surface area contributed by atoms with Gasteiger partial charge in [0.05, 0.1) is 24.3 Å². The number of aliphatic hydroxyl groups excluding tert-OH is 2. The second-order valence-corrected chi connectivity index (χ2v) is 6.21. The summed E-state index contributed by atoms with van der Waals surface area (Å²) >= 11 is 1.54. The SMILES string of the molecule is CCS[C@@H]1[C@@H](O)[C@H](c2nc(N)c3[nH]cnc3n2)O[C@@H]1CO. The lowest BCUT2D eigenvalue weighted by molar-refractivity contribution is -0.0148. The number of ether oxygens (including phenoxy) is 1. The van der Waals surface area contributed by atoms with Crippen LogP contribution in [-0.2, 0) is 4.74 Å². The standard InChI is InChI=1S/C12H17N5O3S/c1-2-21-9-5(3-18)20-8(7(9)19)12-16-10(13)6-11(17-12)15-4-14-6/h4-5,7-9,18-19H,2-3H2,1H3,(H3,13,14,15,16,17)/t5-,7+,8-,9+/m1/s1. The summed E-state index contributed by atoms with van der Waals surface area (Å²) in [5.74, 6) is 1.36. The fraction of sp³-hybridized carbons (Fsp3) is 0.583. The molecule has 3 heterocycles. The number of thioether (sulfide) groups is 1. The van der Waals surface area contributed by atoms with Crippen molar-refractivity contribution in [1.82, 2.24) is 19.9 Å². The summed E-state index contributed by atoms with van der Waals surface area (Å²) in [6.07, 6.45) is -0.482. The molecule has 0 aromatic carbocycles. The smallest absolute Gasteiger partial charge is 0.183 e. The van der Waals surface area contributed by atoms with Crippen molar-refractivity contribution in [2.75, 3.05) is 18.1 Å². The first kappa shape index (κ1) is 14.5. The van der Waals surface area contributed by atoms with Gasteiger partial charge in [-0.25, -0.2) is 15.0 Å². The first-order valence-electron chi connectivity index (χ1n) is 6.68. The minimum absolute atomic E-state index is 0.161. The number of hydrogen-bond acceptors (Lipinski definition) is 8. The van der Waals surface area contributed by atoms with Gasteiger partial charge in [0.2, 0.25) is 0 Å². The Morgan fingerprint density at radius 2 is 2.29 bits per heavy atom. The fourth-order valence-electron chi connectivity index (χ4n) is 2.50. The largest absolute Gasteiger partial charge is 0.394 e. The fourth-order valence-corrected chi connectivity index (χ4v) is 3.59. The van der Waals surface area contributed by atoms with Crippen molar-refractivity contribution >= 4 is 28.7 Å². The number of fused-ring (bicyclic) bond motifs is 1. The van der Waals surface area contributed by atoms with Crippen LogP contribution >= 0.6 is 11.8 Å². The number of nitrogens with two attached hydrogens (primary N) is 1. The molecule has 0 amide bonds. The molecule has 2 aromatic rings. The topological polar surface area (TPSA) is 130 Å². The van der Waals surface area contributed by atoms with Crippen molar-refractivity contribution in [2.24, 2.45) is 0 Å². The monoisotopic (exact) mass is 311 g/mol. The number of aromatic nitrogens is 4. The van der Waals surface area contributed by atoms with Crippen LogP contribution in [0.15, 0.2) is 6.33 Å². The molecule has 1 aliphatic rings. The van der Waals surface area contributed by atoms with Crippen molar-refractivity contribution in [2.45, 2.75) is 30.5 Å². The lowest BCUT2D eigenvalue weighted by Gasteiger charge is -2.17. The summed E-state index contributed by atoms with van der Waals surface area (Å²) < 4.78 is 5.72. The van der Waals surface area contributed by atoms with Gasteiger partial charge in [0.1, 0.15) is 17.7 Å². The van der Waals surface area contributed by atoms with Crippen LogP contribution in [0.25, 0.3) is 11.2 Å². The Balaban J connectivity index is 1.94. The number of hydrogen-bond donors (Lipinski definition) is 4. The number of nitrogen functional groups attached to an aromatic ring is 1. The quantitative estimate of drug-likeness (QED) is 0.613. The van der Waals surface area contributed by atoms with E-state index in [0.717, 1.165) is 5.75 Å². The molecule has 0 bridgehead atoms. The molecule has 1 aliphatic heterocycles.